The molecule has 0 unspecified atom stereocenters. The molecule has 0 bridgehead atoms. The number of nitrogens with one attached hydrogen (secondary N) is 1. The maximum atomic E-state index is 12.7. The lowest BCUT2D eigenvalue weighted by atomic mass is 9.87. The number of anilines is 1. The number of thioether (sulfide) groups is 1. The Bertz CT molecular complexity index is 852. The van der Waals surface area contributed by atoms with Crippen LogP contribution in [0.15, 0.2) is 53.4 Å². The van der Waals surface area contributed by atoms with E-state index in [0.717, 1.165) is 35.6 Å². The predicted octanol–water partition coefficient (Wildman–Crippen LogP) is 4.10. The lowest BCUT2D eigenvalue weighted by Gasteiger charge is -2.29. The molecule has 0 radical (unpaired) electrons. The van der Waals surface area contributed by atoms with Gasteiger partial charge in [-0.2, -0.15) is 0 Å². The van der Waals surface area contributed by atoms with Crippen molar-refractivity contribution in [3.05, 3.63) is 59.7 Å². The molecule has 4 rings (SSSR count). The highest BCUT2D eigenvalue weighted by molar-refractivity contribution is 7.99. The van der Waals surface area contributed by atoms with Gasteiger partial charge in [-0.3, -0.25) is 9.59 Å². The molecule has 1 heterocycles. The summed E-state index contributed by atoms with van der Waals surface area (Å²) in [5.74, 6) is 0.889. The van der Waals surface area contributed by atoms with Crippen molar-refractivity contribution in [2.45, 2.75) is 43.0 Å². The van der Waals surface area contributed by atoms with Gasteiger partial charge in [-0.25, -0.2) is 0 Å². The van der Waals surface area contributed by atoms with Crippen LogP contribution in [0.4, 0.5) is 5.69 Å². The van der Waals surface area contributed by atoms with Gasteiger partial charge >= 0.3 is 0 Å². The summed E-state index contributed by atoms with van der Waals surface area (Å²) in [6.45, 7) is 0.706. The minimum atomic E-state index is -0.0373. The molecular formula is C22H24N2O2S. The molecule has 2 aliphatic rings. The van der Waals surface area contributed by atoms with E-state index in [2.05, 4.69) is 23.5 Å². The molecule has 0 spiro atoms. The zero-order valence-electron chi connectivity index (χ0n) is 15.3. The first-order chi connectivity index (χ1) is 13.2. The fourth-order valence-electron chi connectivity index (χ4n) is 3.95. The zero-order chi connectivity index (χ0) is 18.6. The van der Waals surface area contributed by atoms with Crippen molar-refractivity contribution in [1.29, 1.82) is 0 Å². The molecule has 0 fully saturated rings. The van der Waals surface area contributed by atoms with Gasteiger partial charge in [0.25, 0.3) is 0 Å². The highest BCUT2D eigenvalue weighted by Gasteiger charge is 2.24. The number of amides is 2. The number of carbonyl (C=O) groups is 2. The van der Waals surface area contributed by atoms with Crippen molar-refractivity contribution in [2.24, 2.45) is 0 Å². The van der Waals surface area contributed by atoms with Crippen LogP contribution in [0, 0.1) is 0 Å². The van der Waals surface area contributed by atoms with E-state index in [-0.39, 0.29) is 30.7 Å². The lowest BCUT2D eigenvalue weighted by Crippen LogP contribution is -2.37. The number of benzene rings is 2. The van der Waals surface area contributed by atoms with Gasteiger partial charge in [0, 0.05) is 30.0 Å². The average molecular weight is 381 g/mol. The first kappa shape index (κ1) is 18.1. The molecule has 27 heavy (non-hydrogen) atoms. The van der Waals surface area contributed by atoms with Gasteiger partial charge in [-0.1, -0.05) is 36.4 Å². The Morgan fingerprint density at radius 3 is 2.81 bits per heavy atom. The first-order valence-electron chi connectivity index (χ1n) is 9.62. The van der Waals surface area contributed by atoms with Crippen molar-refractivity contribution in [1.82, 2.24) is 5.32 Å². The van der Waals surface area contributed by atoms with E-state index < -0.39 is 0 Å². The summed E-state index contributed by atoms with van der Waals surface area (Å²) in [6, 6.07) is 16.4. The molecule has 2 aromatic rings. The molecule has 2 amide bonds. The Hall–Kier alpha value is -2.27. The quantitative estimate of drug-likeness (QED) is 0.869. The van der Waals surface area contributed by atoms with Crippen molar-refractivity contribution in [3.63, 3.8) is 0 Å². The fourth-order valence-corrected chi connectivity index (χ4v) is 4.95. The van der Waals surface area contributed by atoms with E-state index in [1.54, 1.807) is 11.8 Å². The molecule has 0 saturated carbocycles. The third-order valence-corrected chi connectivity index (χ3v) is 6.34. The number of rotatable bonds is 4. The van der Waals surface area contributed by atoms with Gasteiger partial charge in [-0.15, -0.1) is 11.8 Å². The highest BCUT2D eigenvalue weighted by atomic mass is 32.2. The second-order valence-corrected chi connectivity index (χ2v) is 8.21. The van der Waals surface area contributed by atoms with Crippen LogP contribution in [0.25, 0.3) is 0 Å². The summed E-state index contributed by atoms with van der Waals surface area (Å²) < 4.78 is 0. The number of aryl methyl sites for hydroxylation is 1. The topological polar surface area (TPSA) is 49.4 Å². The average Bonchev–Trinajstić information content (AvgIpc) is 2.72. The summed E-state index contributed by atoms with van der Waals surface area (Å²) in [6.07, 6.45) is 3.62. The Morgan fingerprint density at radius 1 is 1.07 bits per heavy atom. The number of nitrogens with zero attached hydrogens (tertiary/aromatic N) is 1. The minimum absolute atomic E-state index is 0.0296. The summed E-state index contributed by atoms with van der Waals surface area (Å²) in [7, 11) is 0. The van der Waals surface area contributed by atoms with Crippen LogP contribution < -0.4 is 10.2 Å². The van der Waals surface area contributed by atoms with Crippen molar-refractivity contribution >= 4 is 29.3 Å². The molecule has 4 nitrogen and oxygen atoms in total. The van der Waals surface area contributed by atoms with E-state index in [4.69, 9.17) is 0 Å². The Kier molecular flexibility index (Phi) is 5.48. The van der Waals surface area contributed by atoms with E-state index >= 15 is 0 Å². The smallest absolute Gasteiger partial charge is 0.227 e. The first-order valence-corrected chi connectivity index (χ1v) is 10.6. The molecular weight excluding hydrogens is 356 g/mol. The van der Waals surface area contributed by atoms with Crippen LogP contribution in [-0.4, -0.2) is 24.1 Å². The Labute approximate surface area is 164 Å². The molecule has 0 aromatic heterocycles. The maximum absolute atomic E-state index is 12.7. The summed E-state index contributed by atoms with van der Waals surface area (Å²) in [5, 5.41) is 3.14. The number of fused-ring (bicyclic) bond motifs is 2. The second-order valence-electron chi connectivity index (χ2n) is 7.07. The van der Waals surface area contributed by atoms with Gasteiger partial charge < -0.3 is 10.2 Å². The van der Waals surface area contributed by atoms with Crippen LogP contribution in [-0.2, 0) is 16.0 Å². The van der Waals surface area contributed by atoms with Gasteiger partial charge in [0.05, 0.1) is 11.7 Å². The van der Waals surface area contributed by atoms with Crippen LogP contribution in [0.1, 0.15) is 42.9 Å². The molecule has 0 saturated heterocycles. The number of hydrogen-bond donors (Lipinski definition) is 1. The minimum Gasteiger partial charge on any atom is -0.349 e. The summed E-state index contributed by atoms with van der Waals surface area (Å²) >= 11 is 1.78. The van der Waals surface area contributed by atoms with Gasteiger partial charge in [-0.05, 0) is 42.5 Å². The van der Waals surface area contributed by atoms with E-state index in [0.29, 0.717) is 6.54 Å². The number of carbonyl (C=O) groups excluding carboxylic acids is 2. The SMILES string of the molecule is O=C(CCC(=O)N1CCSc2ccccc21)N[C@@H]1CCCc2ccccc21. The Balaban J connectivity index is 1.35. The largest absolute Gasteiger partial charge is 0.349 e. The molecule has 1 aliphatic carbocycles. The fraction of sp³-hybridized carbons (Fsp3) is 0.364. The van der Waals surface area contributed by atoms with Gasteiger partial charge in [0.15, 0.2) is 0 Å². The van der Waals surface area contributed by atoms with Crippen LogP contribution >= 0.6 is 11.8 Å². The van der Waals surface area contributed by atoms with Crippen LogP contribution in [0.2, 0.25) is 0 Å². The molecule has 2 aromatic carbocycles. The molecule has 1 N–H and O–H groups in total. The third kappa shape index (κ3) is 4.03. The maximum Gasteiger partial charge on any atom is 0.227 e. The Morgan fingerprint density at radius 2 is 1.89 bits per heavy atom. The number of hydrogen-bond acceptors (Lipinski definition) is 3. The molecule has 140 valence electrons. The summed E-state index contributed by atoms with van der Waals surface area (Å²) in [5.41, 5.74) is 3.53. The molecule has 5 heteroatoms. The highest BCUT2D eigenvalue weighted by Crippen LogP contribution is 2.34. The lowest BCUT2D eigenvalue weighted by molar-refractivity contribution is -0.125. The predicted molar refractivity (Wildman–Crippen MR) is 109 cm³/mol. The monoisotopic (exact) mass is 380 g/mol. The van der Waals surface area contributed by atoms with Crippen molar-refractivity contribution in [2.75, 3.05) is 17.2 Å². The third-order valence-electron chi connectivity index (χ3n) is 5.30. The van der Waals surface area contributed by atoms with Gasteiger partial charge in [0.2, 0.25) is 11.8 Å². The summed E-state index contributed by atoms with van der Waals surface area (Å²) in [4.78, 5) is 28.1. The molecule has 1 atom stereocenters. The van der Waals surface area contributed by atoms with E-state index in [9.17, 15) is 9.59 Å². The van der Waals surface area contributed by atoms with Crippen molar-refractivity contribution in [3.8, 4) is 0 Å². The zero-order valence-corrected chi connectivity index (χ0v) is 16.1. The van der Waals surface area contributed by atoms with Crippen LogP contribution in [0.3, 0.4) is 0 Å². The second kappa shape index (κ2) is 8.17. The van der Waals surface area contributed by atoms with E-state index in [1.165, 1.54) is 11.1 Å². The van der Waals surface area contributed by atoms with Gasteiger partial charge in [0.1, 0.15) is 0 Å². The standard InChI is InChI=1S/C22H24N2O2S/c25-21(23-18-9-5-7-16-6-1-2-8-17(16)18)12-13-22(26)24-14-15-27-20-11-4-3-10-19(20)24/h1-4,6,8,10-11,18H,5,7,9,12-15H2,(H,23,25)/t18-/m1/s1. The van der Waals surface area contributed by atoms with Crippen molar-refractivity contribution < 1.29 is 9.59 Å². The normalized spacial score (nSPS) is 18.4. The molecule has 1 aliphatic heterocycles. The number of para-hydroxylation sites is 1. The van der Waals surface area contributed by atoms with Crippen LogP contribution in [0.5, 0.6) is 0 Å². The van der Waals surface area contributed by atoms with E-state index in [1.807, 2.05) is 35.2 Å².